The van der Waals surface area contributed by atoms with Crippen molar-refractivity contribution >= 4 is 11.8 Å². The molecule has 2 rings (SSSR count). The predicted molar refractivity (Wildman–Crippen MR) is 64.8 cm³/mol. The molecule has 0 radical (unpaired) electrons. The van der Waals surface area contributed by atoms with Crippen LogP contribution in [0.25, 0.3) is 0 Å². The van der Waals surface area contributed by atoms with E-state index in [0.717, 1.165) is 0 Å². The van der Waals surface area contributed by atoms with E-state index in [-0.39, 0.29) is 17.0 Å². The van der Waals surface area contributed by atoms with Crippen LogP contribution in [0.3, 0.4) is 0 Å². The Morgan fingerprint density at radius 1 is 1.50 bits per heavy atom. The van der Waals surface area contributed by atoms with Gasteiger partial charge in [0.15, 0.2) is 0 Å². The molecule has 1 saturated carbocycles. The zero-order chi connectivity index (χ0) is 11.5. The van der Waals surface area contributed by atoms with Crippen LogP contribution in [0.5, 0.6) is 5.88 Å². The second-order valence-corrected chi connectivity index (χ2v) is 5.47. The van der Waals surface area contributed by atoms with Gasteiger partial charge in [-0.25, -0.2) is 0 Å². The van der Waals surface area contributed by atoms with E-state index in [1.54, 1.807) is 6.92 Å². The summed E-state index contributed by atoms with van der Waals surface area (Å²) >= 11 is 1.82. The summed E-state index contributed by atoms with van der Waals surface area (Å²) in [6.07, 6.45) is 5.13. The van der Waals surface area contributed by atoms with E-state index in [0.29, 0.717) is 16.8 Å². The summed E-state index contributed by atoms with van der Waals surface area (Å²) < 4.78 is 0. The maximum absolute atomic E-state index is 11.4. The lowest BCUT2D eigenvalue weighted by atomic mass is 10.3. The van der Waals surface area contributed by atoms with Crippen molar-refractivity contribution in [2.75, 3.05) is 0 Å². The summed E-state index contributed by atoms with van der Waals surface area (Å²) in [4.78, 5) is 18.1. The third kappa shape index (κ3) is 2.58. The summed E-state index contributed by atoms with van der Waals surface area (Å²) in [6, 6.07) is 0. The first-order valence-electron chi connectivity index (χ1n) is 5.57. The first kappa shape index (κ1) is 11.5. The fraction of sp³-hybridized carbons (Fsp3) is 0.636. The molecule has 16 heavy (non-hydrogen) atoms. The Labute approximate surface area is 98.5 Å². The standard InChI is InChI=1S/C11H16N2O2S/c1-7-10(14)12-9(13-11(7)15)6-16-8-4-2-3-5-8/h8H,2-6H2,1H3,(H2,12,13,14,15). The van der Waals surface area contributed by atoms with Crippen LogP contribution in [-0.4, -0.2) is 20.3 Å². The minimum Gasteiger partial charge on any atom is -0.493 e. The Kier molecular flexibility index (Phi) is 3.53. The highest BCUT2D eigenvalue weighted by Crippen LogP contribution is 2.30. The Morgan fingerprint density at radius 3 is 2.81 bits per heavy atom. The molecule has 0 unspecified atom stereocenters. The van der Waals surface area contributed by atoms with Crippen LogP contribution in [0.1, 0.15) is 37.1 Å². The molecule has 88 valence electrons. The average Bonchev–Trinajstić information content (AvgIpc) is 2.75. The van der Waals surface area contributed by atoms with E-state index in [1.807, 2.05) is 11.8 Å². The molecular formula is C11H16N2O2S. The van der Waals surface area contributed by atoms with Gasteiger partial charge in [-0.15, -0.1) is 0 Å². The van der Waals surface area contributed by atoms with Gasteiger partial charge in [0.25, 0.3) is 5.56 Å². The normalized spacial score (nSPS) is 16.8. The Bertz CT molecular complexity index is 424. The molecule has 4 nitrogen and oxygen atoms in total. The molecule has 1 fully saturated rings. The molecule has 0 saturated heterocycles. The van der Waals surface area contributed by atoms with Gasteiger partial charge >= 0.3 is 0 Å². The molecule has 0 aromatic carbocycles. The van der Waals surface area contributed by atoms with Crippen molar-refractivity contribution in [3.05, 3.63) is 21.7 Å². The Morgan fingerprint density at radius 2 is 2.19 bits per heavy atom. The fourth-order valence-electron chi connectivity index (χ4n) is 1.89. The van der Waals surface area contributed by atoms with Gasteiger partial charge in [-0.05, 0) is 19.8 Å². The monoisotopic (exact) mass is 240 g/mol. The molecule has 1 aliphatic carbocycles. The van der Waals surface area contributed by atoms with E-state index < -0.39 is 0 Å². The molecule has 1 aromatic rings. The van der Waals surface area contributed by atoms with E-state index >= 15 is 0 Å². The molecule has 0 aliphatic heterocycles. The van der Waals surface area contributed by atoms with Crippen LogP contribution in [0.2, 0.25) is 0 Å². The van der Waals surface area contributed by atoms with Crippen molar-refractivity contribution in [3.8, 4) is 5.88 Å². The van der Waals surface area contributed by atoms with Crippen LogP contribution in [0.4, 0.5) is 0 Å². The zero-order valence-electron chi connectivity index (χ0n) is 9.32. The Balaban J connectivity index is 2.01. The quantitative estimate of drug-likeness (QED) is 0.847. The van der Waals surface area contributed by atoms with Gasteiger partial charge < -0.3 is 10.1 Å². The van der Waals surface area contributed by atoms with E-state index in [4.69, 9.17) is 0 Å². The van der Waals surface area contributed by atoms with Gasteiger partial charge in [0.2, 0.25) is 5.88 Å². The maximum Gasteiger partial charge on any atom is 0.257 e. The van der Waals surface area contributed by atoms with E-state index in [9.17, 15) is 9.90 Å². The van der Waals surface area contributed by atoms with Crippen LogP contribution in [-0.2, 0) is 5.75 Å². The van der Waals surface area contributed by atoms with E-state index in [2.05, 4.69) is 9.97 Å². The van der Waals surface area contributed by atoms with Crippen molar-refractivity contribution in [1.82, 2.24) is 9.97 Å². The largest absolute Gasteiger partial charge is 0.493 e. The number of hydrogen-bond donors (Lipinski definition) is 2. The molecular weight excluding hydrogens is 224 g/mol. The number of rotatable bonds is 3. The number of nitrogens with zero attached hydrogens (tertiary/aromatic N) is 1. The van der Waals surface area contributed by atoms with Crippen LogP contribution < -0.4 is 5.56 Å². The lowest BCUT2D eigenvalue weighted by Crippen LogP contribution is -2.14. The highest BCUT2D eigenvalue weighted by Gasteiger charge is 2.16. The van der Waals surface area contributed by atoms with Gasteiger partial charge in [-0.3, -0.25) is 4.79 Å². The molecule has 0 bridgehead atoms. The van der Waals surface area contributed by atoms with Crippen LogP contribution in [0, 0.1) is 6.92 Å². The lowest BCUT2D eigenvalue weighted by Gasteiger charge is -2.08. The summed E-state index contributed by atoms with van der Waals surface area (Å²) in [7, 11) is 0. The summed E-state index contributed by atoms with van der Waals surface area (Å²) in [5, 5.41) is 10.1. The topological polar surface area (TPSA) is 66.0 Å². The van der Waals surface area contributed by atoms with E-state index in [1.165, 1.54) is 25.7 Å². The second-order valence-electron chi connectivity index (χ2n) is 4.18. The zero-order valence-corrected chi connectivity index (χ0v) is 10.1. The SMILES string of the molecule is Cc1c(O)nc(CSC2CCCC2)[nH]c1=O. The lowest BCUT2D eigenvalue weighted by molar-refractivity contribution is 0.444. The number of nitrogens with one attached hydrogen (secondary N) is 1. The number of aromatic amines is 1. The Hall–Kier alpha value is -0.970. The number of hydrogen-bond acceptors (Lipinski definition) is 4. The predicted octanol–water partition coefficient (Wildman–Crippen LogP) is 1.96. The van der Waals surface area contributed by atoms with Gasteiger partial charge in [0.05, 0.1) is 11.3 Å². The first-order chi connectivity index (χ1) is 7.66. The van der Waals surface area contributed by atoms with Crippen molar-refractivity contribution in [1.29, 1.82) is 0 Å². The number of aromatic nitrogens is 2. The fourth-order valence-corrected chi connectivity index (χ4v) is 3.08. The highest BCUT2D eigenvalue weighted by atomic mass is 32.2. The first-order valence-corrected chi connectivity index (χ1v) is 6.62. The second kappa shape index (κ2) is 4.91. The highest BCUT2D eigenvalue weighted by molar-refractivity contribution is 7.99. The third-order valence-electron chi connectivity index (χ3n) is 2.93. The van der Waals surface area contributed by atoms with Gasteiger partial charge in [0.1, 0.15) is 5.82 Å². The number of aromatic hydroxyl groups is 1. The minimum absolute atomic E-state index is 0.147. The molecule has 0 atom stereocenters. The van der Waals surface area contributed by atoms with Crippen molar-refractivity contribution in [2.24, 2.45) is 0 Å². The summed E-state index contributed by atoms with van der Waals surface area (Å²) in [5.74, 6) is 1.10. The van der Waals surface area contributed by atoms with Crippen molar-refractivity contribution < 1.29 is 5.11 Å². The molecule has 1 heterocycles. The smallest absolute Gasteiger partial charge is 0.257 e. The van der Waals surface area contributed by atoms with Crippen LogP contribution in [0.15, 0.2) is 4.79 Å². The molecule has 1 aliphatic rings. The van der Waals surface area contributed by atoms with Crippen molar-refractivity contribution in [3.63, 3.8) is 0 Å². The molecule has 0 amide bonds. The molecule has 5 heteroatoms. The summed E-state index contributed by atoms with van der Waals surface area (Å²) in [5.41, 5.74) is 0.0455. The number of H-pyrrole nitrogens is 1. The maximum atomic E-state index is 11.4. The van der Waals surface area contributed by atoms with Crippen LogP contribution >= 0.6 is 11.8 Å². The van der Waals surface area contributed by atoms with Gasteiger partial charge in [0, 0.05) is 5.25 Å². The number of thioether (sulfide) groups is 1. The summed E-state index contributed by atoms with van der Waals surface area (Å²) in [6.45, 7) is 1.56. The van der Waals surface area contributed by atoms with Gasteiger partial charge in [-0.1, -0.05) is 12.8 Å². The molecule has 0 spiro atoms. The third-order valence-corrected chi connectivity index (χ3v) is 4.32. The van der Waals surface area contributed by atoms with Crippen molar-refractivity contribution in [2.45, 2.75) is 43.6 Å². The van der Waals surface area contributed by atoms with Gasteiger partial charge in [-0.2, -0.15) is 16.7 Å². The molecule has 2 N–H and O–H groups in total. The minimum atomic E-state index is -0.241. The molecule has 1 aromatic heterocycles. The average molecular weight is 240 g/mol.